The minimum absolute atomic E-state index is 0.119. The highest BCUT2D eigenvalue weighted by atomic mass is 16.5. The van der Waals surface area contributed by atoms with Crippen LogP contribution < -0.4 is 9.47 Å². The zero-order chi connectivity index (χ0) is 18.4. The lowest BCUT2D eigenvalue weighted by Crippen LogP contribution is -2.41. The summed E-state index contributed by atoms with van der Waals surface area (Å²) in [5.41, 5.74) is 0.794. The lowest BCUT2D eigenvalue weighted by Gasteiger charge is -2.29. The van der Waals surface area contributed by atoms with Gasteiger partial charge in [-0.3, -0.25) is 9.59 Å². The van der Waals surface area contributed by atoms with Crippen LogP contribution in [0.5, 0.6) is 11.5 Å². The SMILES string of the molecule is COc1ccc(CC(Cc2ccc(OC)cc2)(C(C)=O)C(C)=O)cc1. The Hall–Kier alpha value is -2.62. The van der Waals surface area contributed by atoms with Crippen LogP contribution in [0.25, 0.3) is 0 Å². The Morgan fingerprint density at radius 3 is 1.28 bits per heavy atom. The quantitative estimate of drug-likeness (QED) is 0.688. The van der Waals surface area contributed by atoms with E-state index in [0.717, 1.165) is 22.6 Å². The third-order valence-corrected chi connectivity index (χ3v) is 4.68. The first-order valence-electron chi connectivity index (χ1n) is 8.19. The molecule has 132 valence electrons. The standard InChI is InChI=1S/C21H24O4/c1-15(22)21(16(2)23,13-17-5-9-19(24-3)10-6-17)14-18-7-11-20(25-4)12-8-18/h5-12H,13-14H2,1-4H3. The van der Waals surface area contributed by atoms with Crippen LogP contribution >= 0.6 is 0 Å². The van der Waals surface area contributed by atoms with Crippen LogP contribution in [-0.4, -0.2) is 25.8 Å². The van der Waals surface area contributed by atoms with Crippen molar-refractivity contribution in [2.45, 2.75) is 26.7 Å². The van der Waals surface area contributed by atoms with Crippen LogP contribution in [0.1, 0.15) is 25.0 Å². The minimum atomic E-state index is -1.07. The normalized spacial score (nSPS) is 11.0. The van der Waals surface area contributed by atoms with Crippen molar-refractivity contribution in [1.82, 2.24) is 0 Å². The molecule has 2 rings (SSSR count). The van der Waals surface area contributed by atoms with Gasteiger partial charge in [0.05, 0.1) is 19.6 Å². The number of carbonyl (C=O) groups is 2. The van der Waals surface area contributed by atoms with Crippen molar-refractivity contribution in [1.29, 1.82) is 0 Å². The molecule has 0 unspecified atom stereocenters. The predicted octanol–water partition coefficient (Wildman–Crippen LogP) is 3.65. The largest absolute Gasteiger partial charge is 0.497 e. The maximum atomic E-state index is 12.5. The molecule has 0 fully saturated rings. The van der Waals surface area contributed by atoms with Gasteiger partial charge in [-0.25, -0.2) is 0 Å². The lowest BCUT2D eigenvalue weighted by atomic mass is 9.71. The van der Waals surface area contributed by atoms with E-state index in [9.17, 15) is 9.59 Å². The van der Waals surface area contributed by atoms with E-state index >= 15 is 0 Å². The average molecular weight is 340 g/mol. The second kappa shape index (κ2) is 7.97. The van der Waals surface area contributed by atoms with Crippen LogP contribution in [-0.2, 0) is 22.4 Å². The zero-order valence-corrected chi connectivity index (χ0v) is 15.2. The van der Waals surface area contributed by atoms with E-state index in [1.54, 1.807) is 14.2 Å². The molecule has 0 aliphatic carbocycles. The monoisotopic (exact) mass is 340 g/mol. The Labute approximate surface area is 148 Å². The van der Waals surface area contributed by atoms with Crippen molar-refractivity contribution in [2.24, 2.45) is 5.41 Å². The third kappa shape index (κ3) is 4.27. The number of carbonyl (C=O) groups excluding carboxylic acids is 2. The maximum absolute atomic E-state index is 12.5. The van der Waals surface area contributed by atoms with Crippen LogP contribution in [0.3, 0.4) is 0 Å². The first-order valence-corrected chi connectivity index (χ1v) is 8.19. The molecule has 0 aromatic heterocycles. The van der Waals surface area contributed by atoms with E-state index in [2.05, 4.69) is 0 Å². The van der Waals surface area contributed by atoms with Crippen molar-refractivity contribution in [2.75, 3.05) is 14.2 Å². The first kappa shape index (κ1) is 18.7. The van der Waals surface area contributed by atoms with Crippen molar-refractivity contribution in [3.8, 4) is 11.5 Å². The van der Waals surface area contributed by atoms with E-state index in [1.165, 1.54) is 13.8 Å². The van der Waals surface area contributed by atoms with Gasteiger partial charge in [-0.1, -0.05) is 24.3 Å². The summed E-state index contributed by atoms with van der Waals surface area (Å²) in [6.07, 6.45) is 0.737. The van der Waals surface area contributed by atoms with Gasteiger partial charge >= 0.3 is 0 Å². The molecule has 0 atom stereocenters. The van der Waals surface area contributed by atoms with Gasteiger partial charge in [0.1, 0.15) is 23.1 Å². The molecule has 4 nitrogen and oxygen atoms in total. The lowest BCUT2D eigenvalue weighted by molar-refractivity contribution is -0.138. The molecular weight excluding hydrogens is 316 g/mol. The van der Waals surface area contributed by atoms with Crippen molar-refractivity contribution >= 4 is 11.6 Å². The van der Waals surface area contributed by atoms with E-state index in [-0.39, 0.29) is 11.6 Å². The number of hydrogen-bond donors (Lipinski definition) is 0. The highest BCUT2D eigenvalue weighted by molar-refractivity contribution is 6.05. The molecule has 0 aliphatic heterocycles. The number of Topliss-reactive ketones (excluding diaryl/α,β-unsaturated/α-hetero) is 2. The summed E-state index contributed by atoms with van der Waals surface area (Å²) in [4.78, 5) is 25.0. The summed E-state index contributed by atoms with van der Waals surface area (Å²) in [5, 5.41) is 0. The minimum Gasteiger partial charge on any atom is -0.497 e. The van der Waals surface area contributed by atoms with Gasteiger partial charge in [0.25, 0.3) is 0 Å². The molecule has 0 bridgehead atoms. The molecule has 2 aromatic rings. The average Bonchev–Trinajstić information content (AvgIpc) is 2.62. The molecular formula is C21H24O4. The van der Waals surface area contributed by atoms with Crippen LogP contribution in [0, 0.1) is 5.41 Å². The summed E-state index contributed by atoms with van der Waals surface area (Å²) in [6, 6.07) is 14.9. The Morgan fingerprint density at radius 2 is 1.04 bits per heavy atom. The summed E-state index contributed by atoms with van der Waals surface area (Å²) in [6.45, 7) is 2.99. The molecule has 25 heavy (non-hydrogen) atoms. The summed E-state index contributed by atoms with van der Waals surface area (Å²) in [5.74, 6) is 1.25. The number of ketones is 2. The first-order chi connectivity index (χ1) is 11.9. The van der Waals surface area contributed by atoms with Crippen LogP contribution in [0.4, 0.5) is 0 Å². The van der Waals surface area contributed by atoms with E-state index in [4.69, 9.17) is 9.47 Å². The van der Waals surface area contributed by atoms with Crippen molar-refractivity contribution < 1.29 is 19.1 Å². The molecule has 0 saturated carbocycles. The number of benzene rings is 2. The molecule has 0 radical (unpaired) electrons. The summed E-state index contributed by atoms with van der Waals surface area (Å²) in [7, 11) is 3.21. The second-order valence-corrected chi connectivity index (χ2v) is 6.24. The number of hydrogen-bond acceptors (Lipinski definition) is 4. The number of rotatable bonds is 8. The molecule has 0 spiro atoms. The van der Waals surface area contributed by atoms with Gasteiger partial charge < -0.3 is 9.47 Å². The molecule has 0 N–H and O–H groups in total. The fourth-order valence-corrected chi connectivity index (χ4v) is 2.99. The highest BCUT2D eigenvalue weighted by Crippen LogP contribution is 2.32. The molecule has 0 aliphatic rings. The fraction of sp³-hybridized carbons (Fsp3) is 0.333. The number of methoxy groups -OCH3 is 2. The molecule has 0 heterocycles. The van der Waals surface area contributed by atoms with Crippen LogP contribution in [0.2, 0.25) is 0 Å². The zero-order valence-electron chi connectivity index (χ0n) is 15.2. The fourth-order valence-electron chi connectivity index (χ4n) is 2.99. The summed E-state index contributed by atoms with van der Waals surface area (Å²) < 4.78 is 10.3. The molecule has 4 heteroatoms. The molecule has 0 amide bonds. The Kier molecular flexibility index (Phi) is 5.97. The van der Waals surface area contributed by atoms with Gasteiger partial charge in [0.2, 0.25) is 0 Å². The van der Waals surface area contributed by atoms with Crippen LogP contribution in [0.15, 0.2) is 48.5 Å². The Morgan fingerprint density at radius 1 is 0.720 bits per heavy atom. The topological polar surface area (TPSA) is 52.6 Å². The molecule has 0 saturated heterocycles. The van der Waals surface area contributed by atoms with Crippen molar-refractivity contribution in [3.63, 3.8) is 0 Å². The predicted molar refractivity (Wildman–Crippen MR) is 97.2 cm³/mol. The van der Waals surface area contributed by atoms with E-state index in [1.807, 2.05) is 48.5 Å². The summed E-state index contributed by atoms with van der Waals surface area (Å²) >= 11 is 0. The van der Waals surface area contributed by atoms with E-state index < -0.39 is 5.41 Å². The van der Waals surface area contributed by atoms with Gasteiger partial charge in [0.15, 0.2) is 0 Å². The van der Waals surface area contributed by atoms with E-state index in [0.29, 0.717) is 12.8 Å². The maximum Gasteiger partial charge on any atom is 0.144 e. The smallest absolute Gasteiger partial charge is 0.144 e. The Bertz CT molecular complexity index is 664. The number of ether oxygens (including phenoxy) is 2. The van der Waals surface area contributed by atoms with Gasteiger partial charge in [-0.05, 0) is 62.1 Å². The van der Waals surface area contributed by atoms with Gasteiger partial charge in [-0.15, -0.1) is 0 Å². The Balaban J connectivity index is 2.34. The van der Waals surface area contributed by atoms with Gasteiger partial charge in [-0.2, -0.15) is 0 Å². The van der Waals surface area contributed by atoms with Crippen molar-refractivity contribution in [3.05, 3.63) is 59.7 Å². The highest BCUT2D eigenvalue weighted by Gasteiger charge is 2.40. The van der Waals surface area contributed by atoms with Gasteiger partial charge in [0, 0.05) is 0 Å². The molecule has 2 aromatic carbocycles. The second-order valence-electron chi connectivity index (χ2n) is 6.24. The third-order valence-electron chi connectivity index (χ3n) is 4.68.